The fourth-order valence-electron chi connectivity index (χ4n) is 4.05. The third kappa shape index (κ3) is 3.53. The number of carbonyl (C=O) groups is 1. The second-order valence-electron chi connectivity index (χ2n) is 7.45. The summed E-state index contributed by atoms with van der Waals surface area (Å²) in [5.74, 6) is 0.417. The average Bonchev–Trinajstić information content (AvgIpc) is 3.39. The molecule has 3 aliphatic rings. The lowest BCUT2D eigenvalue weighted by molar-refractivity contribution is 0.0647. The first kappa shape index (κ1) is 16.8. The van der Waals surface area contributed by atoms with Crippen LogP contribution in [-0.2, 0) is 17.8 Å². The smallest absolute Gasteiger partial charge is 0.409 e. The molecule has 138 valence electrons. The van der Waals surface area contributed by atoms with E-state index < -0.39 is 0 Å². The fourth-order valence-corrected chi connectivity index (χ4v) is 4.05. The van der Waals surface area contributed by atoms with Gasteiger partial charge >= 0.3 is 6.09 Å². The third-order valence-electron chi connectivity index (χ3n) is 5.72. The Morgan fingerprint density at radius 1 is 1.28 bits per heavy atom. The molecule has 2 fully saturated rings. The van der Waals surface area contributed by atoms with Gasteiger partial charge < -0.3 is 14.7 Å². The average molecular weight is 348 g/mol. The monoisotopic (exact) mass is 348 g/mol. The van der Waals surface area contributed by atoms with Crippen molar-refractivity contribution in [2.45, 2.75) is 57.8 Å². The Hall–Kier alpha value is -1.60. The molecule has 7 heteroatoms. The number of nitrogens with zero attached hydrogens (tertiary/aromatic N) is 4. The Morgan fingerprint density at radius 2 is 2.04 bits per heavy atom. The van der Waals surface area contributed by atoms with Crippen molar-refractivity contribution in [1.82, 2.24) is 19.6 Å². The van der Waals surface area contributed by atoms with E-state index in [4.69, 9.17) is 4.74 Å². The maximum atomic E-state index is 11.8. The van der Waals surface area contributed by atoms with Crippen molar-refractivity contribution in [2.75, 3.05) is 26.2 Å². The maximum Gasteiger partial charge on any atom is 0.409 e. The number of rotatable bonds is 4. The number of amides is 1. The molecule has 0 bridgehead atoms. The van der Waals surface area contributed by atoms with Crippen LogP contribution in [0.25, 0.3) is 0 Å². The Morgan fingerprint density at radius 3 is 2.72 bits per heavy atom. The molecular formula is C18H28N4O3. The van der Waals surface area contributed by atoms with Crippen LogP contribution in [0.3, 0.4) is 0 Å². The molecule has 1 aromatic heterocycles. The minimum absolute atomic E-state index is 0.184. The van der Waals surface area contributed by atoms with Gasteiger partial charge in [0.25, 0.3) is 0 Å². The molecule has 0 spiro atoms. The molecule has 1 aromatic rings. The molecule has 1 atom stereocenters. The zero-order chi connectivity index (χ0) is 17.4. The third-order valence-corrected chi connectivity index (χ3v) is 5.72. The van der Waals surface area contributed by atoms with Crippen LogP contribution in [0.15, 0.2) is 6.07 Å². The quantitative estimate of drug-likeness (QED) is 0.898. The lowest BCUT2D eigenvalue weighted by Gasteiger charge is -2.39. The number of aliphatic hydroxyl groups excluding tert-OH is 1. The second kappa shape index (κ2) is 6.96. The van der Waals surface area contributed by atoms with Crippen molar-refractivity contribution in [3.63, 3.8) is 0 Å². The van der Waals surface area contributed by atoms with E-state index in [0.29, 0.717) is 18.6 Å². The van der Waals surface area contributed by atoms with Crippen LogP contribution in [-0.4, -0.2) is 63.1 Å². The summed E-state index contributed by atoms with van der Waals surface area (Å²) in [6.45, 7) is 6.56. The molecule has 25 heavy (non-hydrogen) atoms. The van der Waals surface area contributed by atoms with Crippen LogP contribution in [0.5, 0.6) is 0 Å². The molecular weight excluding hydrogens is 320 g/mol. The van der Waals surface area contributed by atoms with Crippen molar-refractivity contribution in [3.8, 4) is 0 Å². The summed E-state index contributed by atoms with van der Waals surface area (Å²) in [6.07, 6.45) is 3.65. The molecule has 1 saturated heterocycles. The topological polar surface area (TPSA) is 70.8 Å². The van der Waals surface area contributed by atoms with Crippen molar-refractivity contribution in [3.05, 3.63) is 17.5 Å². The number of ether oxygens (including phenoxy) is 1. The first-order chi connectivity index (χ1) is 12.2. The van der Waals surface area contributed by atoms with Gasteiger partial charge in [-0.25, -0.2) is 4.79 Å². The Kier molecular flexibility index (Phi) is 4.69. The van der Waals surface area contributed by atoms with Crippen molar-refractivity contribution in [2.24, 2.45) is 5.92 Å². The molecule has 7 nitrogen and oxygen atoms in total. The molecule has 3 heterocycles. The van der Waals surface area contributed by atoms with E-state index in [1.165, 1.54) is 5.69 Å². The fraction of sp³-hybridized carbons (Fsp3) is 0.778. The van der Waals surface area contributed by atoms with E-state index in [9.17, 15) is 9.90 Å². The highest BCUT2D eigenvalue weighted by Crippen LogP contribution is 2.40. The predicted molar refractivity (Wildman–Crippen MR) is 91.9 cm³/mol. The highest BCUT2D eigenvalue weighted by molar-refractivity contribution is 5.67. The number of aliphatic hydroxyl groups is 1. The van der Waals surface area contributed by atoms with E-state index in [1.807, 2.05) is 11.8 Å². The van der Waals surface area contributed by atoms with Gasteiger partial charge in [-0.3, -0.25) is 9.58 Å². The molecule has 1 aliphatic carbocycles. The summed E-state index contributed by atoms with van der Waals surface area (Å²) in [5, 5.41) is 14.9. The molecule has 0 radical (unpaired) electrons. The SMILES string of the molecule is CCOC(=O)N1CCC(N2CCn3nc(C(O)C4CC4)cc3C2)CC1. The minimum Gasteiger partial charge on any atom is -0.450 e. The highest BCUT2D eigenvalue weighted by atomic mass is 16.6. The number of piperidine rings is 1. The van der Waals surface area contributed by atoms with E-state index in [0.717, 1.165) is 64.1 Å². The van der Waals surface area contributed by atoms with Crippen molar-refractivity contribution in [1.29, 1.82) is 0 Å². The van der Waals surface area contributed by atoms with Gasteiger partial charge in [0.05, 0.1) is 24.5 Å². The molecule has 2 aliphatic heterocycles. The van der Waals surface area contributed by atoms with Gasteiger partial charge in [-0.15, -0.1) is 0 Å². The molecule has 1 saturated carbocycles. The molecule has 4 rings (SSSR count). The summed E-state index contributed by atoms with van der Waals surface area (Å²) in [6, 6.07) is 2.59. The summed E-state index contributed by atoms with van der Waals surface area (Å²) >= 11 is 0. The van der Waals surface area contributed by atoms with Gasteiger partial charge in [-0.2, -0.15) is 5.10 Å². The molecule has 1 N–H and O–H groups in total. The van der Waals surface area contributed by atoms with Crippen LogP contribution in [0.1, 0.15) is 50.1 Å². The normalized spacial score (nSPS) is 23.4. The van der Waals surface area contributed by atoms with Gasteiger partial charge in [0, 0.05) is 32.2 Å². The molecule has 1 amide bonds. The van der Waals surface area contributed by atoms with Gasteiger partial charge in [-0.05, 0) is 44.6 Å². The maximum absolute atomic E-state index is 11.8. The van der Waals surface area contributed by atoms with Crippen LogP contribution >= 0.6 is 0 Å². The standard InChI is InChI=1S/C18H28N4O3/c1-2-25-18(24)20-7-5-14(6-8-20)21-9-10-22-15(12-21)11-16(19-22)17(23)13-3-4-13/h11,13-14,17,23H,2-10,12H2,1H3. The Bertz CT molecular complexity index is 620. The van der Waals surface area contributed by atoms with Gasteiger partial charge in [-0.1, -0.05) is 0 Å². The van der Waals surface area contributed by atoms with Gasteiger partial charge in [0.15, 0.2) is 0 Å². The summed E-state index contributed by atoms with van der Waals surface area (Å²) in [7, 11) is 0. The molecule has 0 aromatic carbocycles. The number of fused-ring (bicyclic) bond motifs is 1. The van der Waals surface area contributed by atoms with E-state index >= 15 is 0 Å². The highest BCUT2D eigenvalue weighted by Gasteiger charge is 2.34. The second-order valence-corrected chi connectivity index (χ2v) is 7.45. The van der Waals surface area contributed by atoms with E-state index in [-0.39, 0.29) is 12.2 Å². The lowest BCUT2D eigenvalue weighted by atomic mass is 10.0. The first-order valence-electron chi connectivity index (χ1n) is 9.56. The summed E-state index contributed by atoms with van der Waals surface area (Å²) < 4.78 is 7.16. The molecule has 1 unspecified atom stereocenters. The number of carbonyl (C=O) groups excluding carboxylic acids is 1. The van der Waals surface area contributed by atoms with Crippen LogP contribution in [0.2, 0.25) is 0 Å². The Labute approximate surface area is 148 Å². The van der Waals surface area contributed by atoms with Crippen molar-refractivity contribution < 1.29 is 14.6 Å². The largest absolute Gasteiger partial charge is 0.450 e. The first-order valence-corrected chi connectivity index (χ1v) is 9.56. The van der Waals surface area contributed by atoms with Gasteiger partial charge in [0.1, 0.15) is 6.10 Å². The van der Waals surface area contributed by atoms with Gasteiger partial charge in [0.2, 0.25) is 0 Å². The lowest BCUT2D eigenvalue weighted by Crippen LogP contribution is -2.48. The minimum atomic E-state index is -0.389. The summed E-state index contributed by atoms with van der Waals surface area (Å²) in [4.78, 5) is 16.2. The number of hydrogen-bond acceptors (Lipinski definition) is 5. The number of aromatic nitrogens is 2. The Balaban J connectivity index is 1.34. The number of likely N-dealkylation sites (tertiary alicyclic amines) is 1. The summed E-state index contributed by atoms with van der Waals surface area (Å²) in [5.41, 5.74) is 2.05. The van der Waals surface area contributed by atoms with E-state index in [1.54, 1.807) is 0 Å². The van der Waals surface area contributed by atoms with Crippen molar-refractivity contribution >= 4 is 6.09 Å². The van der Waals surface area contributed by atoms with Crippen LogP contribution < -0.4 is 0 Å². The van der Waals surface area contributed by atoms with Crippen LogP contribution in [0.4, 0.5) is 4.79 Å². The zero-order valence-corrected chi connectivity index (χ0v) is 14.9. The number of hydrogen-bond donors (Lipinski definition) is 1. The zero-order valence-electron chi connectivity index (χ0n) is 14.9. The van der Waals surface area contributed by atoms with E-state index in [2.05, 4.69) is 20.7 Å². The predicted octanol–water partition coefficient (Wildman–Crippen LogP) is 1.76. The van der Waals surface area contributed by atoms with Crippen LogP contribution in [0, 0.1) is 5.92 Å².